The highest BCUT2D eigenvalue weighted by molar-refractivity contribution is 5.78. The van der Waals surface area contributed by atoms with E-state index >= 15 is 0 Å². The Bertz CT molecular complexity index is 1750. The summed E-state index contributed by atoms with van der Waals surface area (Å²) in [4.78, 5) is 11.8. The zero-order chi connectivity index (χ0) is 32.0. The molecule has 1 aliphatic heterocycles. The predicted octanol–water partition coefficient (Wildman–Crippen LogP) is 5.41. The number of fused-ring (bicyclic) bond motifs is 1. The van der Waals surface area contributed by atoms with Gasteiger partial charge in [-0.2, -0.15) is 5.26 Å². The monoisotopic (exact) mass is 608 g/mol. The average Bonchev–Trinajstić information content (AvgIpc) is 3.07. The number of carboxylic acids is 1. The Balaban J connectivity index is 1.48. The van der Waals surface area contributed by atoms with Gasteiger partial charge in [-0.15, -0.1) is 0 Å². The van der Waals surface area contributed by atoms with E-state index in [-0.39, 0.29) is 13.2 Å². The maximum atomic E-state index is 11.8. The van der Waals surface area contributed by atoms with Gasteiger partial charge < -0.3 is 29.2 Å². The summed E-state index contributed by atoms with van der Waals surface area (Å²) in [5.74, 6) is 1.33. The number of aliphatic carboxylic acids is 1. The van der Waals surface area contributed by atoms with Crippen LogP contribution in [0.3, 0.4) is 0 Å². The summed E-state index contributed by atoms with van der Waals surface area (Å²) in [6.45, 7) is 4.23. The van der Waals surface area contributed by atoms with E-state index in [0.29, 0.717) is 42.3 Å². The van der Waals surface area contributed by atoms with E-state index in [1.54, 1.807) is 25.3 Å². The number of rotatable bonds is 12. The lowest BCUT2D eigenvalue weighted by molar-refractivity contribution is -0.145. The number of benzene rings is 4. The first kappa shape index (κ1) is 31.4. The Morgan fingerprint density at radius 2 is 1.76 bits per heavy atom. The SMILES string of the molecule is COc1cc(Cc2cccc(-c3ccc4c(c3)OCCO4)c2C)cc(OCc2cccc(C#N)c2)c1CN[C@@](C)(CO)C(=O)O. The lowest BCUT2D eigenvalue weighted by Gasteiger charge is -2.25. The molecule has 0 spiro atoms. The van der Waals surface area contributed by atoms with Crippen LogP contribution < -0.4 is 24.3 Å². The molecule has 0 saturated heterocycles. The zero-order valence-corrected chi connectivity index (χ0v) is 25.6. The van der Waals surface area contributed by atoms with Crippen LogP contribution in [0.5, 0.6) is 23.0 Å². The van der Waals surface area contributed by atoms with Crippen molar-refractivity contribution < 1.29 is 34.0 Å². The van der Waals surface area contributed by atoms with Crippen molar-refractivity contribution in [2.45, 2.75) is 39.0 Å². The van der Waals surface area contributed by atoms with E-state index < -0.39 is 18.1 Å². The summed E-state index contributed by atoms with van der Waals surface area (Å²) in [7, 11) is 1.55. The van der Waals surface area contributed by atoms with E-state index in [1.165, 1.54) is 6.92 Å². The molecule has 0 fully saturated rings. The van der Waals surface area contributed by atoms with Gasteiger partial charge in [0.1, 0.15) is 36.9 Å². The number of hydrogen-bond acceptors (Lipinski definition) is 8. The van der Waals surface area contributed by atoms with Crippen LogP contribution in [0, 0.1) is 18.3 Å². The number of aliphatic hydroxyl groups is 1. The number of methoxy groups -OCH3 is 1. The largest absolute Gasteiger partial charge is 0.496 e. The molecule has 4 aromatic rings. The van der Waals surface area contributed by atoms with Crippen LogP contribution in [-0.2, 0) is 24.4 Å². The summed E-state index contributed by atoms with van der Waals surface area (Å²) in [5.41, 5.74) is 5.67. The molecule has 0 radical (unpaired) electrons. The average molecular weight is 609 g/mol. The Morgan fingerprint density at radius 3 is 2.49 bits per heavy atom. The van der Waals surface area contributed by atoms with Gasteiger partial charge in [0.05, 0.1) is 25.3 Å². The summed E-state index contributed by atoms with van der Waals surface area (Å²) >= 11 is 0. The number of nitrogens with one attached hydrogen (secondary N) is 1. The van der Waals surface area contributed by atoms with Gasteiger partial charge in [0.2, 0.25) is 0 Å². The molecule has 232 valence electrons. The second kappa shape index (κ2) is 13.7. The minimum Gasteiger partial charge on any atom is -0.496 e. The number of nitriles is 1. The van der Waals surface area contributed by atoms with Crippen molar-refractivity contribution in [2.75, 3.05) is 26.9 Å². The maximum Gasteiger partial charge on any atom is 0.326 e. The third kappa shape index (κ3) is 7.04. The number of carboxylic acid groups (broad SMARTS) is 1. The number of carbonyl (C=O) groups is 1. The topological polar surface area (TPSA) is 130 Å². The Labute approximate surface area is 262 Å². The molecule has 1 heterocycles. The normalized spacial score (nSPS) is 13.4. The fourth-order valence-electron chi connectivity index (χ4n) is 5.25. The first-order valence-electron chi connectivity index (χ1n) is 14.6. The van der Waals surface area contributed by atoms with Crippen LogP contribution in [0.25, 0.3) is 11.1 Å². The maximum absolute atomic E-state index is 11.8. The molecule has 0 bridgehead atoms. The molecule has 0 unspecified atom stereocenters. The molecule has 5 rings (SSSR count). The third-order valence-electron chi connectivity index (χ3n) is 8.04. The van der Waals surface area contributed by atoms with E-state index in [1.807, 2.05) is 42.5 Å². The van der Waals surface area contributed by atoms with Crippen molar-refractivity contribution >= 4 is 5.97 Å². The van der Waals surface area contributed by atoms with Crippen LogP contribution in [0.2, 0.25) is 0 Å². The molecule has 4 aromatic carbocycles. The first-order valence-corrected chi connectivity index (χ1v) is 14.6. The van der Waals surface area contributed by atoms with Crippen LogP contribution in [-0.4, -0.2) is 48.7 Å². The van der Waals surface area contributed by atoms with Crippen molar-refractivity contribution in [3.05, 3.63) is 106 Å². The lowest BCUT2D eigenvalue weighted by atomic mass is 9.92. The van der Waals surface area contributed by atoms with Gasteiger partial charge >= 0.3 is 5.97 Å². The standard InChI is InChI=1S/C36H36N2O7/c1-23-27(8-5-9-29(23)28-10-11-31-34(18-28)44-13-12-43-31)15-26-16-32(42-3)30(20-38-36(2,22-39)35(40)41)33(17-26)45-21-25-7-4-6-24(14-25)19-37/h4-11,14,16-18,38-39H,12-13,15,20-22H2,1-3H3,(H,40,41)/t36-/m0/s1. The van der Waals surface area contributed by atoms with Gasteiger partial charge in [-0.05, 0) is 90.0 Å². The van der Waals surface area contributed by atoms with Gasteiger partial charge in [-0.3, -0.25) is 10.1 Å². The fourth-order valence-corrected chi connectivity index (χ4v) is 5.25. The second-order valence-electron chi connectivity index (χ2n) is 11.1. The van der Waals surface area contributed by atoms with Crippen LogP contribution in [0.1, 0.15) is 40.3 Å². The molecule has 0 amide bonds. The Kier molecular flexibility index (Phi) is 9.57. The molecule has 0 aromatic heterocycles. The molecule has 45 heavy (non-hydrogen) atoms. The Morgan fingerprint density at radius 1 is 1.00 bits per heavy atom. The first-order chi connectivity index (χ1) is 21.7. The van der Waals surface area contributed by atoms with Gasteiger partial charge in [-0.25, -0.2) is 0 Å². The van der Waals surface area contributed by atoms with Crippen molar-refractivity contribution in [2.24, 2.45) is 0 Å². The van der Waals surface area contributed by atoms with Crippen molar-refractivity contribution in [3.63, 3.8) is 0 Å². The number of nitrogens with zero attached hydrogens (tertiary/aromatic N) is 1. The highest BCUT2D eigenvalue weighted by Crippen LogP contribution is 2.37. The molecular formula is C36H36N2O7. The van der Waals surface area contributed by atoms with E-state index in [9.17, 15) is 20.3 Å². The van der Waals surface area contributed by atoms with Crippen LogP contribution in [0.4, 0.5) is 0 Å². The third-order valence-corrected chi connectivity index (χ3v) is 8.04. The number of aliphatic hydroxyl groups excluding tert-OH is 1. The van der Waals surface area contributed by atoms with E-state index in [0.717, 1.165) is 44.9 Å². The van der Waals surface area contributed by atoms with E-state index in [4.69, 9.17) is 18.9 Å². The van der Waals surface area contributed by atoms with Crippen LogP contribution in [0.15, 0.2) is 72.8 Å². The van der Waals surface area contributed by atoms with Gasteiger partial charge in [0.15, 0.2) is 11.5 Å². The molecular weight excluding hydrogens is 572 g/mol. The van der Waals surface area contributed by atoms with Gasteiger partial charge in [0, 0.05) is 12.1 Å². The highest BCUT2D eigenvalue weighted by Gasteiger charge is 2.32. The number of ether oxygens (including phenoxy) is 4. The molecule has 9 nitrogen and oxygen atoms in total. The second-order valence-corrected chi connectivity index (χ2v) is 11.1. The van der Waals surface area contributed by atoms with Gasteiger partial charge in [-0.1, -0.05) is 36.4 Å². The smallest absolute Gasteiger partial charge is 0.326 e. The minimum absolute atomic E-state index is 0.0685. The molecule has 9 heteroatoms. The summed E-state index contributed by atoms with van der Waals surface area (Å²) in [6, 6.07) is 25.4. The highest BCUT2D eigenvalue weighted by atomic mass is 16.6. The van der Waals surface area contributed by atoms with Gasteiger partial charge in [0.25, 0.3) is 0 Å². The van der Waals surface area contributed by atoms with Crippen molar-refractivity contribution in [1.82, 2.24) is 5.32 Å². The van der Waals surface area contributed by atoms with E-state index in [2.05, 4.69) is 30.4 Å². The molecule has 0 aliphatic carbocycles. The molecule has 1 atom stereocenters. The fraction of sp³-hybridized carbons (Fsp3) is 0.278. The summed E-state index contributed by atoms with van der Waals surface area (Å²) < 4.78 is 23.6. The zero-order valence-electron chi connectivity index (χ0n) is 25.6. The molecule has 0 saturated carbocycles. The molecule has 1 aliphatic rings. The Hall–Kier alpha value is -5.04. The summed E-state index contributed by atoms with van der Waals surface area (Å²) in [5, 5.41) is 31.7. The van der Waals surface area contributed by atoms with Crippen LogP contribution >= 0.6 is 0 Å². The number of hydrogen-bond donors (Lipinski definition) is 3. The van der Waals surface area contributed by atoms with Crippen molar-refractivity contribution in [3.8, 4) is 40.2 Å². The predicted molar refractivity (Wildman–Crippen MR) is 169 cm³/mol. The van der Waals surface area contributed by atoms with Crippen molar-refractivity contribution in [1.29, 1.82) is 5.26 Å². The summed E-state index contributed by atoms with van der Waals surface area (Å²) in [6.07, 6.45) is 0.581. The lowest BCUT2D eigenvalue weighted by Crippen LogP contribution is -2.52. The quantitative estimate of drug-likeness (QED) is 0.193. The minimum atomic E-state index is -1.56. The molecule has 3 N–H and O–H groups in total.